The van der Waals surface area contributed by atoms with Gasteiger partial charge in [-0.25, -0.2) is 4.98 Å². The Hall–Kier alpha value is -2.09. The van der Waals surface area contributed by atoms with Gasteiger partial charge < -0.3 is 0 Å². The summed E-state index contributed by atoms with van der Waals surface area (Å²) >= 11 is 9.29. The van der Waals surface area contributed by atoms with Crippen molar-refractivity contribution in [2.24, 2.45) is 0 Å². The Bertz CT molecular complexity index is 1180. The lowest BCUT2D eigenvalue weighted by atomic mass is 10.2. The lowest BCUT2D eigenvalue weighted by Crippen LogP contribution is -2.25. The van der Waals surface area contributed by atoms with Crippen LogP contribution in [0.25, 0.3) is 11.0 Å². The fraction of sp³-hybridized carbons (Fsp3) is 0.250. The van der Waals surface area contributed by atoms with Gasteiger partial charge in [0.15, 0.2) is 10.7 Å². The van der Waals surface area contributed by atoms with Gasteiger partial charge in [-0.1, -0.05) is 41.6 Å². The molecule has 5 nitrogen and oxygen atoms in total. The number of benzene rings is 1. The van der Waals surface area contributed by atoms with Crippen molar-refractivity contribution in [3.63, 3.8) is 0 Å². The Labute approximate surface area is 176 Å². The normalized spacial score (nSPS) is 11.4. The molecule has 3 aromatic heterocycles. The van der Waals surface area contributed by atoms with Crippen molar-refractivity contribution >= 4 is 45.7 Å². The number of hydrogen-bond acceptors (Lipinski definition) is 5. The summed E-state index contributed by atoms with van der Waals surface area (Å²) in [5.41, 5.74) is 3.08. The van der Waals surface area contributed by atoms with Gasteiger partial charge in [0, 0.05) is 22.2 Å². The second kappa shape index (κ2) is 8.11. The summed E-state index contributed by atoms with van der Waals surface area (Å²) in [4.78, 5) is 19.3. The molecule has 0 bridgehead atoms. The fourth-order valence-corrected chi connectivity index (χ4v) is 4.94. The van der Waals surface area contributed by atoms with E-state index in [2.05, 4.69) is 5.10 Å². The third-order valence-corrected chi connectivity index (χ3v) is 6.58. The van der Waals surface area contributed by atoms with Crippen LogP contribution in [0.4, 0.5) is 0 Å². The minimum atomic E-state index is -0.0468. The number of aryl methyl sites for hydroxylation is 2. The average molecular weight is 431 g/mol. The van der Waals surface area contributed by atoms with Crippen LogP contribution in [-0.2, 0) is 18.8 Å². The number of rotatable bonds is 6. The van der Waals surface area contributed by atoms with E-state index < -0.39 is 0 Å². The first-order valence-electron chi connectivity index (χ1n) is 8.94. The lowest BCUT2D eigenvalue weighted by molar-refractivity contribution is 0.640. The van der Waals surface area contributed by atoms with Crippen LogP contribution in [0, 0.1) is 6.92 Å². The van der Waals surface area contributed by atoms with Gasteiger partial charge in [0.2, 0.25) is 0 Å². The molecule has 0 saturated heterocycles. The van der Waals surface area contributed by atoms with E-state index in [0.717, 1.165) is 16.1 Å². The van der Waals surface area contributed by atoms with Crippen molar-refractivity contribution in [2.75, 3.05) is 0 Å². The molecule has 0 spiro atoms. The van der Waals surface area contributed by atoms with E-state index in [0.29, 0.717) is 40.1 Å². The van der Waals surface area contributed by atoms with Crippen LogP contribution in [-0.4, -0.2) is 19.3 Å². The lowest BCUT2D eigenvalue weighted by Gasteiger charge is -2.12. The van der Waals surface area contributed by atoms with Gasteiger partial charge >= 0.3 is 0 Å². The number of nitrogens with zero attached hydrogens (tertiary/aromatic N) is 4. The quantitative estimate of drug-likeness (QED) is 0.320. The molecule has 4 rings (SSSR count). The molecule has 1 aromatic carbocycles. The first-order valence-corrected chi connectivity index (χ1v) is 11.2. The van der Waals surface area contributed by atoms with Gasteiger partial charge in [-0.2, -0.15) is 5.10 Å². The van der Waals surface area contributed by atoms with Crippen molar-refractivity contribution in [2.45, 2.75) is 37.8 Å². The predicted octanol–water partition coefficient (Wildman–Crippen LogP) is 4.98. The Morgan fingerprint density at radius 2 is 2.11 bits per heavy atom. The molecule has 0 radical (unpaired) electrons. The van der Waals surface area contributed by atoms with Gasteiger partial charge in [-0.15, -0.1) is 11.3 Å². The van der Waals surface area contributed by atoms with Crippen LogP contribution in [0.5, 0.6) is 0 Å². The van der Waals surface area contributed by atoms with Crippen LogP contribution in [0.3, 0.4) is 0 Å². The molecular weight excluding hydrogens is 412 g/mol. The van der Waals surface area contributed by atoms with E-state index in [1.165, 1.54) is 0 Å². The monoisotopic (exact) mass is 430 g/mol. The van der Waals surface area contributed by atoms with Crippen molar-refractivity contribution < 1.29 is 0 Å². The molecule has 0 atom stereocenters. The molecule has 3 heterocycles. The zero-order chi connectivity index (χ0) is 19.7. The number of thioether (sulfide) groups is 1. The number of aromatic nitrogens is 4. The number of thiophene rings is 1. The summed E-state index contributed by atoms with van der Waals surface area (Å²) < 4.78 is 3.51. The topological polar surface area (TPSA) is 52.7 Å². The minimum Gasteiger partial charge on any atom is -0.280 e. The van der Waals surface area contributed by atoms with E-state index in [1.54, 1.807) is 32.3 Å². The first kappa shape index (κ1) is 19.2. The van der Waals surface area contributed by atoms with Crippen LogP contribution < -0.4 is 5.56 Å². The summed E-state index contributed by atoms with van der Waals surface area (Å²) in [5, 5.41) is 7.92. The second-order valence-electron chi connectivity index (χ2n) is 6.38. The van der Waals surface area contributed by atoms with Gasteiger partial charge in [0.05, 0.1) is 12.2 Å². The molecule has 0 amide bonds. The highest BCUT2D eigenvalue weighted by molar-refractivity contribution is 7.98. The summed E-state index contributed by atoms with van der Waals surface area (Å²) in [5.74, 6) is 0.684. The molecule has 0 aliphatic heterocycles. The van der Waals surface area contributed by atoms with E-state index in [-0.39, 0.29) is 5.56 Å². The number of fused-ring (bicyclic) bond motifs is 1. The highest BCUT2D eigenvalue weighted by Crippen LogP contribution is 2.25. The smallest absolute Gasteiger partial charge is 0.280 e. The molecular formula is C20H19ClN4OS2. The van der Waals surface area contributed by atoms with Crippen LogP contribution in [0.1, 0.15) is 23.1 Å². The largest absolute Gasteiger partial charge is 0.280 e. The Balaban J connectivity index is 1.80. The molecule has 0 saturated carbocycles. The van der Waals surface area contributed by atoms with Crippen molar-refractivity contribution in [1.82, 2.24) is 19.3 Å². The van der Waals surface area contributed by atoms with Crippen molar-refractivity contribution in [3.8, 4) is 0 Å². The third kappa shape index (κ3) is 3.74. The first-order chi connectivity index (χ1) is 13.6. The van der Waals surface area contributed by atoms with Crippen LogP contribution >= 0.6 is 34.7 Å². The average Bonchev–Trinajstić information content (AvgIpc) is 3.30. The third-order valence-electron chi connectivity index (χ3n) is 4.43. The highest BCUT2D eigenvalue weighted by Gasteiger charge is 2.18. The molecule has 28 heavy (non-hydrogen) atoms. The molecule has 0 unspecified atom stereocenters. The molecule has 0 aliphatic carbocycles. The zero-order valence-electron chi connectivity index (χ0n) is 15.6. The van der Waals surface area contributed by atoms with Gasteiger partial charge in [0.25, 0.3) is 5.56 Å². The second-order valence-corrected chi connectivity index (χ2v) is 8.79. The van der Waals surface area contributed by atoms with Crippen LogP contribution in [0.2, 0.25) is 5.02 Å². The van der Waals surface area contributed by atoms with Crippen molar-refractivity contribution in [3.05, 3.63) is 73.3 Å². The zero-order valence-corrected chi connectivity index (χ0v) is 17.9. The van der Waals surface area contributed by atoms with E-state index in [4.69, 9.17) is 16.6 Å². The van der Waals surface area contributed by atoms with E-state index in [9.17, 15) is 4.79 Å². The molecule has 144 valence electrons. The molecule has 0 N–H and O–H groups in total. The predicted molar refractivity (Wildman–Crippen MR) is 117 cm³/mol. The fourth-order valence-electron chi connectivity index (χ4n) is 3.10. The number of halogens is 1. The maximum Gasteiger partial charge on any atom is 0.280 e. The SMILES string of the molecule is CCn1nc(C)c2nc(SCc3cccc(Cl)c3)n(Cc3cccs3)c(=O)c21. The maximum absolute atomic E-state index is 13.4. The Kier molecular flexibility index (Phi) is 5.57. The van der Waals surface area contributed by atoms with Gasteiger partial charge in [0.1, 0.15) is 5.52 Å². The summed E-state index contributed by atoms with van der Waals surface area (Å²) in [6, 6.07) is 11.8. The molecule has 0 aliphatic rings. The van der Waals surface area contributed by atoms with E-state index >= 15 is 0 Å². The molecule has 8 heteroatoms. The summed E-state index contributed by atoms with van der Waals surface area (Å²) in [6.45, 7) is 5.02. The Morgan fingerprint density at radius 1 is 1.25 bits per heavy atom. The number of hydrogen-bond donors (Lipinski definition) is 0. The van der Waals surface area contributed by atoms with Crippen molar-refractivity contribution in [1.29, 1.82) is 0 Å². The maximum atomic E-state index is 13.4. The van der Waals surface area contributed by atoms with Gasteiger partial charge in [-0.3, -0.25) is 14.0 Å². The van der Waals surface area contributed by atoms with E-state index in [1.807, 2.05) is 55.6 Å². The van der Waals surface area contributed by atoms with Gasteiger partial charge in [-0.05, 0) is 43.0 Å². The van der Waals surface area contributed by atoms with Crippen LogP contribution in [0.15, 0.2) is 51.7 Å². The standard InChI is InChI=1S/C20H19ClN4OS2/c1-3-25-18-17(13(2)23-25)22-20(28-12-14-6-4-7-15(21)10-14)24(19(18)26)11-16-8-5-9-27-16/h4-10H,3,11-12H2,1-2H3. The minimum absolute atomic E-state index is 0.0468. The highest BCUT2D eigenvalue weighted by atomic mass is 35.5. The summed E-state index contributed by atoms with van der Waals surface area (Å²) in [6.07, 6.45) is 0. The summed E-state index contributed by atoms with van der Waals surface area (Å²) in [7, 11) is 0. The Morgan fingerprint density at radius 3 is 2.82 bits per heavy atom. The molecule has 4 aromatic rings. The molecule has 0 fully saturated rings.